The molecule has 0 saturated carbocycles. The van der Waals surface area contributed by atoms with Crippen LogP contribution in [0.5, 0.6) is 0 Å². The van der Waals surface area contributed by atoms with Crippen LogP contribution in [-0.4, -0.2) is 60.2 Å². The number of aliphatic hydroxyl groups is 1. The smallest absolute Gasteiger partial charge is 0.259 e. The molecule has 0 aliphatic rings. The van der Waals surface area contributed by atoms with Crippen LogP contribution < -0.4 is 5.32 Å². The van der Waals surface area contributed by atoms with Crippen LogP contribution in [0.15, 0.2) is 33.0 Å². The molecule has 0 aliphatic carbocycles. The molecule has 2 rings (SSSR count). The van der Waals surface area contributed by atoms with E-state index in [9.17, 15) is 15.2 Å². The lowest BCUT2D eigenvalue weighted by Crippen LogP contribution is -2.32. The second-order valence-corrected chi connectivity index (χ2v) is 8.90. The van der Waals surface area contributed by atoms with Gasteiger partial charge in [-0.25, -0.2) is 0 Å². The van der Waals surface area contributed by atoms with Crippen molar-refractivity contribution in [2.75, 3.05) is 39.5 Å². The van der Waals surface area contributed by atoms with Gasteiger partial charge in [-0.1, -0.05) is 0 Å². The lowest BCUT2D eigenvalue weighted by molar-refractivity contribution is -0.463. The predicted octanol–water partition coefficient (Wildman–Crippen LogP) is 2.94. The highest BCUT2D eigenvalue weighted by molar-refractivity contribution is 7.98. The molecule has 2 aromatic rings. The molecule has 2 N–H and O–H groups in total. The maximum Gasteiger partial charge on any atom is 0.259 e. The van der Waals surface area contributed by atoms with Gasteiger partial charge < -0.3 is 19.7 Å². The van der Waals surface area contributed by atoms with E-state index in [1.807, 2.05) is 49.5 Å². The van der Waals surface area contributed by atoms with E-state index in [0.29, 0.717) is 6.54 Å². The van der Waals surface area contributed by atoms with E-state index in [2.05, 4.69) is 10.3 Å². The molecule has 0 fully saturated rings. The van der Waals surface area contributed by atoms with Gasteiger partial charge in [0.15, 0.2) is 5.84 Å². The Kier molecular flexibility index (Phi) is 9.65. The number of hydrogen-bond donors (Lipinski definition) is 2. The number of amidine groups is 1. The second kappa shape index (κ2) is 12.0. The number of nitro groups is 1. The molecule has 8 nitrogen and oxygen atoms in total. The van der Waals surface area contributed by atoms with Crippen molar-refractivity contribution in [1.82, 2.24) is 10.2 Å². The van der Waals surface area contributed by atoms with Crippen molar-refractivity contribution in [3.05, 3.63) is 55.7 Å². The van der Waals surface area contributed by atoms with E-state index in [4.69, 9.17) is 4.42 Å². The van der Waals surface area contributed by atoms with Gasteiger partial charge in [0, 0.05) is 22.1 Å². The molecule has 0 amide bonds. The zero-order valence-electron chi connectivity index (χ0n) is 17.0. The van der Waals surface area contributed by atoms with Gasteiger partial charge in [-0.15, -0.1) is 11.3 Å². The SMILES string of the molecule is Cc1ccsc1C(O)CN=C(C[N+](=O)[O-])NCCSCc1ccc(CN(C)C)o1. The minimum atomic E-state index is -0.747. The third-order valence-electron chi connectivity index (χ3n) is 3.95. The Balaban J connectivity index is 1.76. The van der Waals surface area contributed by atoms with Crippen LogP contribution in [0.2, 0.25) is 0 Å². The average Bonchev–Trinajstić information content (AvgIpc) is 3.26. The molecule has 2 heterocycles. The molecule has 160 valence electrons. The van der Waals surface area contributed by atoms with Crippen LogP contribution in [0.1, 0.15) is 28.1 Å². The summed E-state index contributed by atoms with van der Waals surface area (Å²) in [7, 11) is 3.99. The molecular weight excluding hydrogens is 412 g/mol. The number of rotatable bonds is 12. The minimum Gasteiger partial charge on any atom is -0.464 e. The first-order chi connectivity index (χ1) is 13.8. The number of aliphatic hydroxyl groups excluding tert-OH is 1. The van der Waals surface area contributed by atoms with Gasteiger partial charge in [-0.2, -0.15) is 11.8 Å². The summed E-state index contributed by atoms with van der Waals surface area (Å²) in [5, 5.41) is 26.1. The summed E-state index contributed by atoms with van der Waals surface area (Å²) in [4.78, 5) is 17.6. The standard InChI is InChI=1S/C19H28N4O4S2/c1-14-6-8-29-19(14)17(24)10-21-18(12-23(25)26)20-7-9-28-13-16-5-4-15(27-16)11-22(2)3/h4-6,8,17,24H,7,9-13H2,1-3H3,(H,20,21). The van der Waals surface area contributed by atoms with Crippen LogP contribution in [0.4, 0.5) is 0 Å². The van der Waals surface area contributed by atoms with Crippen LogP contribution in [0.25, 0.3) is 0 Å². The van der Waals surface area contributed by atoms with Crippen molar-refractivity contribution in [1.29, 1.82) is 0 Å². The molecule has 0 bridgehead atoms. The Labute approximate surface area is 179 Å². The van der Waals surface area contributed by atoms with Crippen molar-refractivity contribution in [2.24, 2.45) is 4.99 Å². The molecular formula is C19H28N4O4S2. The average molecular weight is 441 g/mol. The summed E-state index contributed by atoms with van der Waals surface area (Å²) in [5.41, 5.74) is 1.00. The summed E-state index contributed by atoms with van der Waals surface area (Å²) in [6, 6.07) is 5.90. The van der Waals surface area contributed by atoms with E-state index in [1.165, 1.54) is 11.3 Å². The highest BCUT2D eigenvalue weighted by Crippen LogP contribution is 2.23. The monoisotopic (exact) mass is 440 g/mol. The molecule has 1 atom stereocenters. The predicted molar refractivity (Wildman–Crippen MR) is 118 cm³/mol. The van der Waals surface area contributed by atoms with Crippen molar-refractivity contribution in [2.45, 2.75) is 25.3 Å². The van der Waals surface area contributed by atoms with Crippen LogP contribution in [-0.2, 0) is 12.3 Å². The Morgan fingerprint density at radius 3 is 2.83 bits per heavy atom. The van der Waals surface area contributed by atoms with Gasteiger partial charge in [0.2, 0.25) is 0 Å². The van der Waals surface area contributed by atoms with Crippen molar-refractivity contribution in [3.8, 4) is 0 Å². The Morgan fingerprint density at radius 2 is 2.17 bits per heavy atom. The fourth-order valence-electron chi connectivity index (χ4n) is 2.63. The van der Waals surface area contributed by atoms with Crippen LogP contribution in [0.3, 0.4) is 0 Å². The summed E-state index contributed by atoms with van der Waals surface area (Å²) < 4.78 is 5.76. The number of nitrogens with zero attached hydrogens (tertiary/aromatic N) is 3. The number of thioether (sulfide) groups is 1. The van der Waals surface area contributed by atoms with Crippen molar-refractivity contribution < 1.29 is 14.4 Å². The maximum absolute atomic E-state index is 10.9. The highest BCUT2D eigenvalue weighted by Gasteiger charge is 2.13. The Bertz CT molecular complexity index is 804. The number of furan rings is 1. The van der Waals surface area contributed by atoms with Gasteiger partial charge in [-0.3, -0.25) is 15.1 Å². The van der Waals surface area contributed by atoms with Gasteiger partial charge >= 0.3 is 0 Å². The number of thiophene rings is 1. The first-order valence-corrected chi connectivity index (χ1v) is 11.3. The molecule has 29 heavy (non-hydrogen) atoms. The third kappa shape index (κ3) is 8.57. The van der Waals surface area contributed by atoms with E-state index < -0.39 is 11.0 Å². The molecule has 2 aromatic heterocycles. The summed E-state index contributed by atoms with van der Waals surface area (Å²) >= 11 is 3.14. The zero-order valence-corrected chi connectivity index (χ0v) is 18.6. The van der Waals surface area contributed by atoms with E-state index in [1.54, 1.807) is 11.8 Å². The molecule has 0 saturated heterocycles. The van der Waals surface area contributed by atoms with E-state index in [0.717, 1.165) is 40.0 Å². The van der Waals surface area contributed by atoms with Crippen LogP contribution in [0, 0.1) is 17.0 Å². The second-order valence-electron chi connectivity index (χ2n) is 6.85. The van der Waals surface area contributed by atoms with E-state index >= 15 is 0 Å². The number of hydrogen-bond acceptors (Lipinski definition) is 8. The summed E-state index contributed by atoms with van der Waals surface area (Å²) in [5.74, 6) is 3.64. The number of aliphatic imine (C=N–C) groups is 1. The minimum absolute atomic E-state index is 0.103. The third-order valence-corrected chi connectivity index (χ3v) is 6.05. The normalized spacial score (nSPS) is 13.1. The number of nitrogens with one attached hydrogen (secondary N) is 1. The zero-order chi connectivity index (χ0) is 21.2. The molecule has 0 aromatic carbocycles. The quantitative estimate of drug-likeness (QED) is 0.172. The first kappa shape index (κ1) is 23.4. The molecule has 0 radical (unpaired) electrons. The molecule has 0 spiro atoms. The summed E-state index contributed by atoms with van der Waals surface area (Å²) in [6.07, 6.45) is -0.747. The van der Waals surface area contributed by atoms with Gasteiger partial charge in [0.05, 0.1) is 18.8 Å². The summed E-state index contributed by atoms with van der Waals surface area (Å²) in [6.45, 7) is 2.97. The lowest BCUT2D eigenvalue weighted by atomic mass is 10.2. The molecule has 0 aliphatic heterocycles. The maximum atomic E-state index is 10.9. The Morgan fingerprint density at radius 1 is 1.41 bits per heavy atom. The Hall–Kier alpha value is -1.88. The fourth-order valence-corrected chi connectivity index (χ4v) is 4.28. The van der Waals surface area contributed by atoms with Crippen molar-refractivity contribution >= 4 is 28.9 Å². The van der Waals surface area contributed by atoms with Gasteiger partial charge in [0.1, 0.15) is 17.6 Å². The van der Waals surface area contributed by atoms with Gasteiger partial charge in [0.25, 0.3) is 6.54 Å². The molecule has 10 heteroatoms. The molecule has 1 unspecified atom stereocenters. The topological polar surface area (TPSA) is 104 Å². The highest BCUT2D eigenvalue weighted by atomic mass is 32.2. The van der Waals surface area contributed by atoms with Crippen LogP contribution >= 0.6 is 23.1 Å². The largest absolute Gasteiger partial charge is 0.464 e. The van der Waals surface area contributed by atoms with Gasteiger partial charge in [-0.05, 0) is 50.2 Å². The lowest BCUT2D eigenvalue weighted by Gasteiger charge is -2.10. The number of aryl methyl sites for hydroxylation is 1. The van der Waals surface area contributed by atoms with Crippen molar-refractivity contribution in [3.63, 3.8) is 0 Å². The fraction of sp³-hybridized carbons (Fsp3) is 0.526. The van der Waals surface area contributed by atoms with E-state index in [-0.39, 0.29) is 18.9 Å². The first-order valence-electron chi connectivity index (χ1n) is 9.26.